The van der Waals surface area contributed by atoms with Gasteiger partial charge in [0.2, 0.25) is 0 Å². The van der Waals surface area contributed by atoms with E-state index in [1.165, 1.54) is 0 Å². The summed E-state index contributed by atoms with van der Waals surface area (Å²) in [5, 5.41) is 0. The lowest BCUT2D eigenvalue weighted by molar-refractivity contribution is 0.423. The van der Waals surface area contributed by atoms with Crippen molar-refractivity contribution in [2.24, 2.45) is 0 Å². The SMILES string of the molecule is [CH2]CCC(F)Cl. The second kappa shape index (κ2) is 3.41. The smallest absolute Gasteiger partial charge is 0.173 e. The van der Waals surface area contributed by atoms with Crippen molar-refractivity contribution in [3.05, 3.63) is 6.92 Å². The molecule has 0 amide bonds. The number of alkyl halides is 2. The zero-order chi connectivity index (χ0) is 4.99. The van der Waals surface area contributed by atoms with Crippen LogP contribution in [0.15, 0.2) is 0 Å². The number of hydrogen-bond donors (Lipinski definition) is 0. The Morgan fingerprint density at radius 3 is 2.33 bits per heavy atom. The van der Waals surface area contributed by atoms with Gasteiger partial charge in [-0.15, -0.1) is 0 Å². The van der Waals surface area contributed by atoms with E-state index in [0.29, 0.717) is 12.8 Å². The van der Waals surface area contributed by atoms with Crippen molar-refractivity contribution < 1.29 is 4.39 Å². The molecule has 1 atom stereocenters. The van der Waals surface area contributed by atoms with Gasteiger partial charge < -0.3 is 0 Å². The molecule has 0 saturated carbocycles. The van der Waals surface area contributed by atoms with Crippen LogP contribution in [-0.2, 0) is 0 Å². The zero-order valence-corrected chi connectivity index (χ0v) is 4.21. The van der Waals surface area contributed by atoms with Gasteiger partial charge >= 0.3 is 0 Å². The third-order valence-electron chi connectivity index (χ3n) is 0.422. The van der Waals surface area contributed by atoms with E-state index in [0.717, 1.165) is 0 Å². The molecule has 0 nitrogen and oxygen atoms in total. The lowest BCUT2D eigenvalue weighted by Crippen LogP contribution is -1.83. The van der Waals surface area contributed by atoms with E-state index in [-0.39, 0.29) is 0 Å². The molecule has 0 fully saturated rings. The molecule has 0 bridgehead atoms. The van der Waals surface area contributed by atoms with Crippen molar-refractivity contribution in [2.45, 2.75) is 18.5 Å². The molecule has 0 aromatic rings. The van der Waals surface area contributed by atoms with Crippen LogP contribution in [0, 0.1) is 6.92 Å². The highest BCUT2D eigenvalue weighted by Gasteiger charge is 1.93. The first-order valence-corrected chi connectivity index (χ1v) is 2.28. The maximum atomic E-state index is 11.4. The number of hydrogen-bond acceptors (Lipinski definition) is 0. The highest BCUT2D eigenvalue weighted by Crippen LogP contribution is 2.03. The summed E-state index contributed by atoms with van der Waals surface area (Å²) < 4.78 is 11.4. The molecule has 0 rings (SSSR count). The van der Waals surface area contributed by atoms with Crippen molar-refractivity contribution in [1.29, 1.82) is 0 Å². The van der Waals surface area contributed by atoms with E-state index < -0.39 is 5.63 Å². The molecule has 0 aromatic carbocycles. The van der Waals surface area contributed by atoms with Gasteiger partial charge in [0.25, 0.3) is 0 Å². The summed E-state index contributed by atoms with van der Waals surface area (Å²) >= 11 is 4.87. The summed E-state index contributed by atoms with van der Waals surface area (Å²) in [6.45, 7) is 3.40. The first-order valence-electron chi connectivity index (χ1n) is 1.84. The Bertz CT molecular complexity index is 28.7. The van der Waals surface area contributed by atoms with E-state index in [4.69, 9.17) is 11.6 Å². The molecule has 0 heterocycles. The Morgan fingerprint density at radius 1 is 1.83 bits per heavy atom. The summed E-state index contributed by atoms with van der Waals surface area (Å²) in [5.74, 6) is 0. The van der Waals surface area contributed by atoms with Gasteiger partial charge in [-0.3, -0.25) is 0 Å². The van der Waals surface area contributed by atoms with Crippen molar-refractivity contribution in [2.75, 3.05) is 0 Å². The van der Waals surface area contributed by atoms with Gasteiger partial charge in [0, 0.05) is 0 Å². The van der Waals surface area contributed by atoms with E-state index in [2.05, 4.69) is 6.92 Å². The minimum absolute atomic E-state index is 0.363. The summed E-state index contributed by atoms with van der Waals surface area (Å²) in [6.07, 6.45) is 0.937. The normalized spacial score (nSPS) is 14.5. The van der Waals surface area contributed by atoms with Crippen LogP contribution >= 0.6 is 11.6 Å². The van der Waals surface area contributed by atoms with Crippen LogP contribution in [0.2, 0.25) is 0 Å². The average molecular weight is 110 g/mol. The molecule has 1 radical (unpaired) electrons. The van der Waals surface area contributed by atoms with Crippen LogP contribution in [0.4, 0.5) is 4.39 Å². The van der Waals surface area contributed by atoms with Gasteiger partial charge in [0.05, 0.1) is 0 Å². The molecular weight excluding hydrogens is 102 g/mol. The van der Waals surface area contributed by atoms with E-state index >= 15 is 0 Å². The molecule has 6 heavy (non-hydrogen) atoms. The van der Waals surface area contributed by atoms with Crippen molar-refractivity contribution in [1.82, 2.24) is 0 Å². The Balaban J connectivity index is 2.63. The van der Waals surface area contributed by atoms with Crippen molar-refractivity contribution >= 4 is 11.6 Å². The van der Waals surface area contributed by atoms with Gasteiger partial charge in [-0.2, -0.15) is 0 Å². The standard InChI is InChI=1S/C4H7ClF/c1-2-3-4(5)6/h4H,1-3H2. The highest BCUT2D eigenvalue weighted by atomic mass is 35.5. The van der Waals surface area contributed by atoms with E-state index in [9.17, 15) is 4.39 Å². The first kappa shape index (κ1) is 6.22. The molecule has 0 spiro atoms. The predicted molar refractivity (Wildman–Crippen MR) is 25.3 cm³/mol. The summed E-state index contributed by atoms with van der Waals surface area (Å²) in [7, 11) is 0. The third kappa shape index (κ3) is 4.22. The fraction of sp³-hybridized carbons (Fsp3) is 0.750. The zero-order valence-electron chi connectivity index (χ0n) is 3.45. The minimum atomic E-state index is -1.19. The maximum absolute atomic E-state index is 11.4. The Kier molecular flexibility index (Phi) is 3.54. The van der Waals surface area contributed by atoms with Gasteiger partial charge in [0.1, 0.15) is 0 Å². The second-order valence-corrected chi connectivity index (χ2v) is 1.51. The maximum Gasteiger partial charge on any atom is 0.173 e. The molecule has 1 unspecified atom stereocenters. The lowest BCUT2D eigenvalue weighted by atomic mass is 10.4. The molecule has 37 valence electrons. The summed E-state index contributed by atoms with van der Waals surface area (Å²) in [6, 6.07) is 0. The largest absolute Gasteiger partial charge is 0.230 e. The lowest BCUT2D eigenvalue weighted by Gasteiger charge is -1.89. The molecule has 0 aliphatic rings. The summed E-state index contributed by atoms with van der Waals surface area (Å²) in [5.41, 5.74) is -1.19. The van der Waals surface area contributed by atoms with Crippen LogP contribution in [0.3, 0.4) is 0 Å². The van der Waals surface area contributed by atoms with Crippen LogP contribution in [-0.4, -0.2) is 5.63 Å². The second-order valence-electron chi connectivity index (χ2n) is 1.03. The topological polar surface area (TPSA) is 0 Å². The highest BCUT2D eigenvalue weighted by molar-refractivity contribution is 6.19. The predicted octanol–water partition coefficient (Wildman–Crippen LogP) is 2.14. The van der Waals surface area contributed by atoms with Crippen LogP contribution in [0.1, 0.15) is 12.8 Å². The molecular formula is C4H7ClF. The Labute approximate surface area is 42.3 Å². The van der Waals surface area contributed by atoms with Crippen molar-refractivity contribution in [3.8, 4) is 0 Å². The molecule has 2 heteroatoms. The minimum Gasteiger partial charge on any atom is -0.230 e. The van der Waals surface area contributed by atoms with Crippen LogP contribution in [0.25, 0.3) is 0 Å². The molecule has 0 saturated heterocycles. The molecule has 0 aliphatic carbocycles. The molecule has 0 aromatic heterocycles. The Hall–Kier alpha value is 0.220. The van der Waals surface area contributed by atoms with Crippen molar-refractivity contribution in [3.63, 3.8) is 0 Å². The van der Waals surface area contributed by atoms with E-state index in [1.54, 1.807) is 0 Å². The fourth-order valence-electron chi connectivity index (χ4n) is 0.154. The van der Waals surface area contributed by atoms with E-state index in [1.807, 2.05) is 0 Å². The summed E-state index contributed by atoms with van der Waals surface area (Å²) in [4.78, 5) is 0. The third-order valence-corrected chi connectivity index (χ3v) is 0.641. The van der Waals surface area contributed by atoms with Gasteiger partial charge in [-0.05, 0) is 12.8 Å². The number of rotatable bonds is 2. The quantitative estimate of drug-likeness (QED) is 0.477. The first-order chi connectivity index (χ1) is 2.77. The monoisotopic (exact) mass is 109 g/mol. The number of halogens is 2. The fourth-order valence-corrected chi connectivity index (χ4v) is 0.309. The Morgan fingerprint density at radius 2 is 2.33 bits per heavy atom. The van der Waals surface area contributed by atoms with Crippen LogP contribution in [0.5, 0.6) is 0 Å². The van der Waals surface area contributed by atoms with Gasteiger partial charge in [0.15, 0.2) is 5.63 Å². The van der Waals surface area contributed by atoms with Crippen LogP contribution < -0.4 is 0 Å². The van der Waals surface area contributed by atoms with Gasteiger partial charge in [-0.1, -0.05) is 18.5 Å². The molecule has 0 aliphatic heterocycles. The average Bonchev–Trinajstić information content (AvgIpc) is 1.35. The molecule has 0 N–H and O–H groups in total. The van der Waals surface area contributed by atoms with Gasteiger partial charge in [-0.25, -0.2) is 4.39 Å².